The van der Waals surface area contributed by atoms with E-state index in [9.17, 15) is 0 Å². The summed E-state index contributed by atoms with van der Waals surface area (Å²) in [5.41, 5.74) is 2.69. The molecule has 0 fully saturated rings. The molecule has 1 aromatic rings. The van der Waals surface area contributed by atoms with Crippen LogP contribution in [-0.4, -0.2) is 0 Å². The maximum atomic E-state index is 4.37. The van der Waals surface area contributed by atoms with Crippen molar-refractivity contribution in [1.29, 1.82) is 0 Å². The molecule has 0 amide bonds. The van der Waals surface area contributed by atoms with Gasteiger partial charge in [0, 0.05) is 5.25 Å². The maximum Gasteiger partial charge on any atom is 0.0238 e. The zero-order chi connectivity index (χ0) is 11.1. The van der Waals surface area contributed by atoms with Crippen molar-refractivity contribution in [3.05, 3.63) is 35.4 Å². The SMILES string of the molecule is CC.CC(C)c1ccc(C(C)S)cc1. The summed E-state index contributed by atoms with van der Waals surface area (Å²) >= 11 is 4.37. The van der Waals surface area contributed by atoms with Crippen LogP contribution in [-0.2, 0) is 0 Å². The molecule has 0 saturated heterocycles. The van der Waals surface area contributed by atoms with Crippen molar-refractivity contribution in [3.8, 4) is 0 Å². The van der Waals surface area contributed by atoms with E-state index in [1.165, 1.54) is 11.1 Å². The normalized spacial score (nSPS) is 11.9. The fraction of sp³-hybridized carbons (Fsp3) is 0.538. The molecule has 1 rings (SSSR count). The van der Waals surface area contributed by atoms with Crippen LogP contribution >= 0.6 is 12.6 Å². The summed E-state index contributed by atoms with van der Waals surface area (Å²) in [7, 11) is 0. The number of hydrogen-bond donors (Lipinski definition) is 1. The molecule has 0 radical (unpaired) electrons. The monoisotopic (exact) mass is 210 g/mol. The van der Waals surface area contributed by atoms with Crippen molar-refractivity contribution in [2.24, 2.45) is 0 Å². The maximum absolute atomic E-state index is 4.37. The van der Waals surface area contributed by atoms with Crippen molar-refractivity contribution in [1.82, 2.24) is 0 Å². The Balaban J connectivity index is 0.000000791. The number of rotatable bonds is 2. The minimum atomic E-state index is 0.339. The summed E-state index contributed by atoms with van der Waals surface area (Å²) in [6.45, 7) is 10.5. The highest BCUT2D eigenvalue weighted by Crippen LogP contribution is 2.21. The molecular formula is C13H22S. The van der Waals surface area contributed by atoms with Crippen LogP contribution in [0.1, 0.15) is 56.9 Å². The van der Waals surface area contributed by atoms with E-state index in [1.807, 2.05) is 13.8 Å². The fourth-order valence-electron chi connectivity index (χ4n) is 1.16. The number of benzene rings is 1. The van der Waals surface area contributed by atoms with E-state index in [-0.39, 0.29) is 0 Å². The van der Waals surface area contributed by atoms with Gasteiger partial charge in [0.05, 0.1) is 0 Å². The van der Waals surface area contributed by atoms with Gasteiger partial charge in [-0.15, -0.1) is 0 Å². The summed E-state index contributed by atoms with van der Waals surface area (Å²) in [6.07, 6.45) is 0. The van der Waals surface area contributed by atoms with Gasteiger partial charge in [-0.25, -0.2) is 0 Å². The van der Waals surface area contributed by atoms with Gasteiger partial charge in [0.2, 0.25) is 0 Å². The van der Waals surface area contributed by atoms with Crippen molar-refractivity contribution in [2.45, 2.75) is 45.8 Å². The quantitative estimate of drug-likeness (QED) is 0.664. The molecule has 0 aliphatic rings. The van der Waals surface area contributed by atoms with Gasteiger partial charge in [0.25, 0.3) is 0 Å². The Morgan fingerprint density at radius 3 is 1.50 bits per heavy atom. The van der Waals surface area contributed by atoms with E-state index in [4.69, 9.17) is 0 Å². The Morgan fingerprint density at radius 2 is 1.21 bits per heavy atom. The van der Waals surface area contributed by atoms with E-state index in [0.717, 1.165) is 0 Å². The second-order valence-corrected chi connectivity index (χ2v) is 4.27. The van der Waals surface area contributed by atoms with E-state index < -0.39 is 0 Å². The smallest absolute Gasteiger partial charge is 0.0238 e. The summed E-state index contributed by atoms with van der Waals surface area (Å²) < 4.78 is 0. The Kier molecular flexibility index (Phi) is 6.73. The van der Waals surface area contributed by atoms with E-state index >= 15 is 0 Å². The van der Waals surface area contributed by atoms with Crippen LogP contribution in [0, 0.1) is 0 Å². The standard InChI is InChI=1S/C11H16S.C2H6/c1-8(2)10-4-6-11(7-5-10)9(3)12;1-2/h4-9,12H,1-3H3;1-2H3. The second-order valence-electron chi connectivity index (χ2n) is 3.50. The van der Waals surface area contributed by atoms with Crippen LogP contribution < -0.4 is 0 Å². The third-order valence-electron chi connectivity index (χ3n) is 2.09. The average Bonchev–Trinajstić information content (AvgIpc) is 2.21. The first-order valence-corrected chi connectivity index (χ1v) is 5.91. The molecule has 0 aliphatic heterocycles. The number of thiol groups is 1. The first-order valence-electron chi connectivity index (χ1n) is 5.39. The van der Waals surface area contributed by atoms with Gasteiger partial charge in [-0.3, -0.25) is 0 Å². The Morgan fingerprint density at radius 1 is 0.857 bits per heavy atom. The molecule has 80 valence electrons. The molecule has 0 N–H and O–H groups in total. The lowest BCUT2D eigenvalue weighted by Crippen LogP contribution is -1.89. The lowest BCUT2D eigenvalue weighted by molar-refractivity contribution is 0.864. The predicted octanol–water partition coefficient (Wildman–Crippen LogP) is 4.83. The van der Waals surface area contributed by atoms with Gasteiger partial charge in [-0.1, -0.05) is 52.0 Å². The van der Waals surface area contributed by atoms with Crippen molar-refractivity contribution >= 4 is 12.6 Å². The summed E-state index contributed by atoms with van der Waals surface area (Å²) in [5.74, 6) is 0.620. The van der Waals surface area contributed by atoms with Crippen molar-refractivity contribution < 1.29 is 0 Å². The molecule has 0 aliphatic carbocycles. The Bertz CT molecular complexity index is 207. The molecule has 1 heteroatoms. The highest BCUT2D eigenvalue weighted by atomic mass is 32.1. The first kappa shape index (κ1) is 13.6. The average molecular weight is 210 g/mol. The highest BCUT2D eigenvalue weighted by Gasteiger charge is 2.01. The van der Waals surface area contributed by atoms with Crippen LogP contribution in [0.25, 0.3) is 0 Å². The molecule has 1 aromatic carbocycles. The molecule has 0 nitrogen and oxygen atoms in total. The van der Waals surface area contributed by atoms with Crippen molar-refractivity contribution in [3.63, 3.8) is 0 Å². The molecule has 1 unspecified atom stereocenters. The Hall–Kier alpha value is -0.430. The lowest BCUT2D eigenvalue weighted by atomic mass is 10.0. The van der Waals surface area contributed by atoms with Crippen LogP contribution in [0.3, 0.4) is 0 Å². The van der Waals surface area contributed by atoms with Gasteiger partial charge in [0.1, 0.15) is 0 Å². The molecule has 0 bridgehead atoms. The fourth-order valence-corrected chi connectivity index (χ4v) is 1.33. The topological polar surface area (TPSA) is 0 Å². The third kappa shape index (κ3) is 4.19. The van der Waals surface area contributed by atoms with Crippen molar-refractivity contribution in [2.75, 3.05) is 0 Å². The van der Waals surface area contributed by atoms with Gasteiger partial charge in [0.15, 0.2) is 0 Å². The highest BCUT2D eigenvalue weighted by molar-refractivity contribution is 7.80. The van der Waals surface area contributed by atoms with Gasteiger partial charge >= 0.3 is 0 Å². The number of hydrogen-bond acceptors (Lipinski definition) is 1. The second kappa shape index (κ2) is 6.94. The van der Waals surface area contributed by atoms with Gasteiger partial charge in [-0.2, -0.15) is 12.6 Å². The molecule has 0 saturated carbocycles. The molecule has 0 aromatic heterocycles. The van der Waals surface area contributed by atoms with Gasteiger partial charge < -0.3 is 0 Å². The predicted molar refractivity (Wildman–Crippen MR) is 69.3 cm³/mol. The summed E-state index contributed by atoms with van der Waals surface area (Å²) in [6, 6.07) is 8.69. The van der Waals surface area contributed by atoms with E-state index in [0.29, 0.717) is 11.2 Å². The van der Waals surface area contributed by atoms with Crippen LogP contribution in [0.4, 0.5) is 0 Å². The van der Waals surface area contributed by atoms with Crippen LogP contribution in [0.15, 0.2) is 24.3 Å². The molecule has 0 spiro atoms. The summed E-state index contributed by atoms with van der Waals surface area (Å²) in [4.78, 5) is 0. The van der Waals surface area contributed by atoms with Crippen LogP contribution in [0.2, 0.25) is 0 Å². The molecule has 0 heterocycles. The summed E-state index contributed by atoms with van der Waals surface area (Å²) in [5, 5.41) is 0.339. The largest absolute Gasteiger partial charge is 0.171 e. The van der Waals surface area contributed by atoms with E-state index in [1.54, 1.807) is 0 Å². The third-order valence-corrected chi connectivity index (χ3v) is 2.38. The molecule has 1 atom stereocenters. The zero-order valence-corrected chi connectivity index (χ0v) is 10.8. The minimum Gasteiger partial charge on any atom is -0.171 e. The lowest BCUT2D eigenvalue weighted by Gasteiger charge is -2.08. The van der Waals surface area contributed by atoms with E-state index in [2.05, 4.69) is 57.7 Å². The van der Waals surface area contributed by atoms with Gasteiger partial charge in [-0.05, 0) is 24.0 Å². The Labute approximate surface area is 94.1 Å². The molecular weight excluding hydrogens is 188 g/mol. The van der Waals surface area contributed by atoms with Crippen LogP contribution in [0.5, 0.6) is 0 Å². The molecule has 14 heavy (non-hydrogen) atoms. The zero-order valence-electron chi connectivity index (χ0n) is 9.91. The minimum absolute atomic E-state index is 0.339. The first-order chi connectivity index (χ1) is 6.61.